The minimum Gasteiger partial charge on any atom is -0.360 e. The molecular weight excluding hydrogens is 340 g/mol. The number of piperazine rings is 1. The maximum atomic E-state index is 11.2. The van der Waals surface area contributed by atoms with Crippen molar-refractivity contribution in [2.24, 2.45) is 0 Å². The van der Waals surface area contributed by atoms with Gasteiger partial charge in [-0.2, -0.15) is 0 Å². The number of nitro groups is 1. The number of quaternary nitrogens is 1. The van der Waals surface area contributed by atoms with Gasteiger partial charge in [-0.05, 0) is 43.3 Å². The largest absolute Gasteiger partial charge is 0.360 e. The molecule has 6 nitrogen and oxygen atoms in total. The van der Waals surface area contributed by atoms with E-state index in [9.17, 15) is 10.1 Å². The molecule has 0 amide bonds. The van der Waals surface area contributed by atoms with Crippen molar-refractivity contribution in [3.63, 3.8) is 0 Å². The average molecular weight is 362 g/mol. The van der Waals surface area contributed by atoms with Crippen molar-refractivity contribution in [1.29, 1.82) is 0 Å². The fraction of sp³-hybridized carbons (Fsp3) is 0.333. The summed E-state index contributed by atoms with van der Waals surface area (Å²) >= 11 is 5.85. The number of nitrogens with one attached hydrogen (secondary N) is 2. The minimum atomic E-state index is -0.432. The third-order valence-electron chi connectivity index (χ3n) is 4.64. The van der Waals surface area contributed by atoms with Gasteiger partial charge in [0.25, 0.3) is 5.69 Å². The first-order valence-electron chi connectivity index (χ1n) is 8.46. The monoisotopic (exact) mass is 361 g/mol. The molecule has 2 aromatic rings. The first kappa shape index (κ1) is 17.5. The van der Waals surface area contributed by atoms with Gasteiger partial charge in [-0.15, -0.1) is 0 Å². The molecule has 2 aromatic carbocycles. The fourth-order valence-corrected chi connectivity index (χ4v) is 3.27. The number of benzene rings is 2. The highest BCUT2D eigenvalue weighted by atomic mass is 35.5. The minimum absolute atomic E-state index is 0.0322. The Bertz CT molecular complexity index is 743. The lowest BCUT2D eigenvalue weighted by Crippen LogP contribution is -3.14. The van der Waals surface area contributed by atoms with E-state index in [0.29, 0.717) is 10.7 Å². The first-order chi connectivity index (χ1) is 12.1. The van der Waals surface area contributed by atoms with Crippen molar-refractivity contribution in [3.8, 4) is 0 Å². The molecule has 0 aromatic heterocycles. The summed E-state index contributed by atoms with van der Waals surface area (Å²) in [6.45, 7) is 7.83. The third kappa shape index (κ3) is 4.21. The summed E-state index contributed by atoms with van der Waals surface area (Å²) in [5.41, 5.74) is 2.40. The smallest absolute Gasteiger partial charge is 0.294 e. The van der Waals surface area contributed by atoms with E-state index in [0.717, 1.165) is 31.9 Å². The Morgan fingerprint density at radius 2 is 1.88 bits per heavy atom. The van der Waals surface area contributed by atoms with Crippen LogP contribution in [0, 0.1) is 10.1 Å². The molecule has 0 radical (unpaired) electrons. The molecule has 0 aliphatic carbocycles. The maximum Gasteiger partial charge on any atom is 0.294 e. The van der Waals surface area contributed by atoms with Gasteiger partial charge in [0.05, 0.1) is 37.6 Å². The molecule has 1 aliphatic heterocycles. The van der Waals surface area contributed by atoms with Crippen LogP contribution in [0.25, 0.3) is 0 Å². The van der Waals surface area contributed by atoms with Gasteiger partial charge in [-0.1, -0.05) is 11.6 Å². The molecule has 1 aliphatic rings. The van der Waals surface area contributed by atoms with Crippen molar-refractivity contribution in [1.82, 2.24) is 0 Å². The van der Waals surface area contributed by atoms with E-state index < -0.39 is 4.92 Å². The molecule has 1 heterocycles. The number of nitrogens with zero attached hydrogens (tertiary/aromatic N) is 2. The molecule has 1 saturated heterocycles. The van der Waals surface area contributed by atoms with Gasteiger partial charge in [-0.3, -0.25) is 10.1 Å². The summed E-state index contributed by atoms with van der Waals surface area (Å²) in [6.07, 6.45) is 0. The van der Waals surface area contributed by atoms with Crippen molar-refractivity contribution in [2.45, 2.75) is 6.92 Å². The van der Waals surface area contributed by atoms with Gasteiger partial charge in [0.15, 0.2) is 0 Å². The Morgan fingerprint density at radius 1 is 1.20 bits per heavy atom. The van der Waals surface area contributed by atoms with Crippen LogP contribution >= 0.6 is 11.6 Å². The number of likely N-dealkylation sites (N-methyl/N-ethyl adjacent to an activating group) is 1. The zero-order chi connectivity index (χ0) is 17.8. The standard InChI is InChI=1S/C18H21ClN4O2/c1-2-21-9-11-22(12-10-21)16-6-4-15(5-7-16)20-17-8-3-14(19)13-18(17)23(24)25/h3-8,13,20H,2,9-12H2,1H3/p+1. The summed E-state index contributed by atoms with van der Waals surface area (Å²) < 4.78 is 0. The van der Waals surface area contributed by atoms with Crippen LogP contribution in [0.4, 0.5) is 22.7 Å². The number of hydrogen-bond donors (Lipinski definition) is 2. The zero-order valence-corrected chi connectivity index (χ0v) is 14.9. The van der Waals surface area contributed by atoms with Gasteiger partial charge < -0.3 is 15.1 Å². The maximum absolute atomic E-state index is 11.2. The van der Waals surface area contributed by atoms with Gasteiger partial charge in [-0.25, -0.2) is 0 Å². The molecule has 25 heavy (non-hydrogen) atoms. The van der Waals surface area contributed by atoms with E-state index in [1.165, 1.54) is 18.3 Å². The topological polar surface area (TPSA) is 62.8 Å². The fourth-order valence-electron chi connectivity index (χ4n) is 3.11. The van der Waals surface area contributed by atoms with Gasteiger partial charge in [0.2, 0.25) is 0 Å². The Morgan fingerprint density at radius 3 is 2.48 bits per heavy atom. The van der Waals surface area contributed by atoms with Crippen LogP contribution in [0.2, 0.25) is 5.02 Å². The summed E-state index contributed by atoms with van der Waals surface area (Å²) in [7, 11) is 0. The predicted octanol–water partition coefficient (Wildman–Crippen LogP) is 2.72. The van der Waals surface area contributed by atoms with Crippen LogP contribution < -0.4 is 15.1 Å². The van der Waals surface area contributed by atoms with Crippen LogP contribution in [0.15, 0.2) is 42.5 Å². The van der Waals surface area contributed by atoms with Gasteiger partial charge in [0, 0.05) is 22.5 Å². The van der Waals surface area contributed by atoms with E-state index in [1.54, 1.807) is 17.0 Å². The molecule has 1 fully saturated rings. The van der Waals surface area contributed by atoms with Gasteiger partial charge in [0.1, 0.15) is 5.69 Å². The SMILES string of the molecule is CC[NH+]1CCN(c2ccc(Nc3ccc(Cl)cc3[N+](=O)[O-])cc2)CC1. The zero-order valence-electron chi connectivity index (χ0n) is 14.2. The first-order valence-corrected chi connectivity index (χ1v) is 8.84. The lowest BCUT2D eigenvalue weighted by Gasteiger charge is -2.33. The highest BCUT2D eigenvalue weighted by Crippen LogP contribution is 2.31. The third-order valence-corrected chi connectivity index (χ3v) is 4.87. The number of anilines is 3. The molecule has 0 saturated carbocycles. The molecule has 132 valence electrons. The van der Waals surface area contributed by atoms with Crippen molar-refractivity contribution < 1.29 is 9.82 Å². The van der Waals surface area contributed by atoms with Crippen LogP contribution in [0.5, 0.6) is 0 Å². The van der Waals surface area contributed by atoms with Crippen LogP contribution in [0.1, 0.15) is 6.92 Å². The van der Waals surface area contributed by atoms with E-state index in [1.807, 2.05) is 12.1 Å². The van der Waals surface area contributed by atoms with Crippen LogP contribution in [0.3, 0.4) is 0 Å². The normalized spacial score (nSPS) is 15.2. The Balaban J connectivity index is 1.70. The molecule has 0 spiro atoms. The van der Waals surface area contributed by atoms with Crippen LogP contribution in [-0.4, -0.2) is 37.6 Å². The highest BCUT2D eigenvalue weighted by molar-refractivity contribution is 6.30. The van der Waals surface area contributed by atoms with Crippen molar-refractivity contribution in [2.75, 3.05) is 42.9 Å². The lowest BCUT2D eigenvalue weighted by molar-refractivity contribution is -0.898. The van der Waals surface area contributed by atoms with Gasteiger partial charge >= 0.3 is 0 Å². The highest BCUT2D eigenvalue weighted by Gasteiger charge is 2.19. The lowest BCUT2D eigenvalue weighted by atomic mass is 10.2. The number of hydrogen-bond acceptors (Lipinski definition) is 4. The predicted molar refractivity (Wildman–Crippen MR) is 101 cm³/mol. The second-order valence-corrected chi connectivity index (χ2v) is 6.62. The molecule has 2 N–H and O–H groups in total. The molecule has 0 atom stereocenters. The summed E-state index contributed by atoms with van der Waals surface area (Å²) in [6, 6.07) is 12.6. The number of rotatable bonds is 5. The molecule has 0 bridgehead atoms. The van der Waals surface area contributed by atoms with Crippen molar-refractivity contribution in [3.05, 3.63) is 57.6 Å². The number of halogens is 1. The molecule has 3 rings (SSSR count). The van der Waals surface area contributed by atoms with Crippen LogP contribution in [-0.2, 0) is 0 Å². The summed E-state index contributed by atoms with van der Waals surface area (Å²) in [5.74, 6) is 0. The molecule has 7 heteroatoms. The summed E-state index contributed by atoms with van der Waals surface area (Å²) in [4.78, 5) is 14.8. The number of nitro benzene ring substituents is 1. The Hall–Kier alpha value is -2.31. The van der Waals surface area contributed by atoms with Crippen molar-refractivity contribution >= 4 is 34.4 Å². The molecular formula is C18H22ClN4O2+. The Labute approximate surface area is 152 Å². The van der Waals surface area contributed by atoms with E-state index in [-0.39, 0.29) is 5.69 Å². The quantitative estimate of drug-likeness (QED) is 0.635. The summed E-state index contributed by atoms with van der Waals surface area (Å²) in [5, 5.41) is 14.6. The van der Waals surface area contributed by atoms with E-state index in [4.69, 9.17) is 11.6 Å². The second kappa shape index (κ2) is 7.72. The molecule has 0 unspecified atom stereocenters. The second-order valence-electron chi connectivity index (χ2n) is 6.18. The Kier molecular flexibility index (Phi) is 5.40. The van der Waals surface area contributed by atoms with E-state index >= 15 is 0 Å². The van der Waals surface area contributed by atoms with E-state index in [2.05, 4.69) is 29.3 Å². The average Bonchev–Trinajstić information content (AvgIpc) is 2.64.